The van der Waals surface area contributed by atoms with Crippen LogP contribution in [0.15, 0.2) is 24.3 Å². The lowest BCUT2D eigenvalue weighted by molar-refractivity contribution is 0.0533. The van der Waals surface area contributed by atoms with Crippen molar-refractivity contribution in [1.29, 1.82) is 0 Å². The van der Waals surface area contributed by atoms with Gasteiger partial charge in [0.1, 0.15) is 0 Å². The zero-order chi connectivity index (χ0) is 10.8. The molecule has 0 radical (unpaired) electrons. The smallest absolute Gasteiger partial charge is 0.0847 e. The van der Waals surface area contributed by atoms with Crippen LogP contribution in [-0.2, 0) is 4.74 Å². The van der Waals surface area contributed by atoms with Crippen molar-refractivity contribution in [1.82, 2.24) is 0 Å². The largest absolute Gasteiger partial charge is 0.373 e. The summed E-state index contributed by atoms with van der Waals surface area (Å²) >= 11 is 6.41. The van der Waals surface area contributed by atoms with Gasteiger partial charge >= 0.3 is 0 Å². The summed E-state index contributed by atoms with van der Waals surface area (Å²) in [5.74, 6) is 0. The highest BCUT2D eigenvalue weighted by Gasteiger charge is 2.29. The van der Waals surface area contributed by atoms with Crippen LogP contribution < -0.4 is 0 Å². The molecular formula is C13H17ClO. The van der Waals surface area contributed by atoms with Crippen LogP contribution in [0.1, 0.15) is 36.3 Å². The third-order valence-corrected chi connectivity index (χ3v) is 3.52. The molecule has 2 heteroatoms. The van der Waals surface area contributed by atoms with Crippen LogP contribution in [0.25, 0.3) is 0 Å². The fourth-order valence-electron chi connectivity index (χ4n) is 2.01. The van der Waals surface area contributed by atoms with E-state index in [1.54, 1.807) is 0 Å². The minimum atomic E-state index is -0.00412. The Hall–Kier alpha value is -0.530. The molecule has 0 saturated carbocycles. The third kappa shape index (κ3) is 2.53. The van der Waals surface area contributed by atoms with Gasteiger partial charge in [-0.1, -0.05) is 29.8 Å². The predicted octanol–water partition coefficient (Wildman–Crippen LogP) is 3.84. The molecule has 0 spiro atoms. The molecule has 0 bridgehead atoms. The molecule has 3 atom stereocenters. The molecule has 2 rings (SSSR count). The van der Waals surface area contributed by atoms with Crippen LogP contribution >= 0.6 is 11.6 Å². The van der Waals surface area contributed by atoms with Crippen molar-refractivity contribution in [3.05, 3.63) is 35.4 Å². The maximum Gasteiger partial charge on any atom is 0.0847 e. The number of aryl methyl sites for hydroxylation is 1. The van der Waals surface area contributed by atoms with E-state index in [-0.39, 0.29) is 11.5 Å². The second-order valence-corrected chi connectivity index (χ2v) is 4.85. The lowest BCUT2D eigenvalue weighted by atomic mass is 10.0. The molecule has 0 aliphatic carbocycles. The first-order valence-electron chi connectivity index (χ1n) is 5.53. The number of rotatable bonds is 2. The number of hydrogen-bond donors (Lipinski definition) is 0. The highest BCUT2D eigenvalue weighted by Crippen LogP contribution is 2.34. The van der Waals surface area contributed by atoms with Gasteiger partial charge in [0.25, 0.3) is 0 Å². The molecule has 1 heterocycles. The van der Waals surface area contributed by atoms with E-state index in [2.05, 4.69) is 38.1 Å². The van der Waals surface area contributed by atoms with E-state index in [1.165, 1.54) is 11.1 Å². The average Bonchev–Trinajstić information content (AvgIpc) is 2.65. The molecule has 1 saturated heterocycles. The summed E-state index contributed by atoms with van der Waals surface area (Å²) in [6, 6.07) is 8.39. The van der Waals surface area contributed by atoms with Gasteiger partial charge < -0.3 is 4.74 Å². The van der Waals surface area contributed by atoms with Gasteiger partial charge in [-0.25, -0.2) is 0 Å². The first-order chi connectivity index (χ1) is 7.16. The Morgan fingerprint density at radius 2 is 1.93 bits per heavy atom. The van der Waals surface area contributed by atoms with Crippen LogP contribution in [0.2, 0.25) is 0 Å². The second kappa shape index (κ2) is 4.54. The molecule has 1 aromatic carbocycles. The predicted molar refractivity (Wildman–Crippen MR) is 63.3 cm³/mol. The fourth-order valence-corrected chi connectivity index (χ4v) is 2.34. The monoisotopic (exact) mass is 224 g/mol. The van der Waals surface area contributed by atoms with Crippen molar-refractivity contribution < 1.29 is 4.74 Å². The summed E-state index contributed by atoms with van der Waals surface area (Å²) in [6.07, 6.45) is 2.74. The molecule has 1 aliphatic heterocycles. The molecule has 0 amide bonds. The normalized spacial score (nSPS) is 27.9. The summed E-state index contributed by atoms with van der Waals surface area (Å²) in [7, 11) is 0. The van der Waals surface area contributed by atoms with Crippen molar-refractivity contribution in [3.63, 3.8) is 0 Å². The lowest BCUT2D eigenvalue weighted by Crippen LogP contribution is -2.14. The number of ether oxygens (including phenoxy) is 1. The van der Waals surface area contributed by atoms with Gasteiger partial charge in [-0.2, -0.15) is 0 Å². The summed E-state index contributed by atoms with van der Waals surface area (Å²) in [5, 5.41) is -0.00412. The van der Waals surface area contributed by atoms with E-state index in [0.29, 0.717) is 6.10 Å². The molecule has 3 unspecified atom stereocenters. The lowest BCUT2D eigenvalue weighted by Gasteiger charge is -2.18. The summed E-state index contributed by atoms with van der Waals surface area (Å²) in [4.78, 5) is 0. The van der Waals surface area contributed by atoms with Gasteiger partial charge in [-0.15, -0.1) is 11.6 Å². The maximum absolute atomic E-state index is 6.41. The highest BCUT2D eigenvalue weighted by molar-refractivity contribution is 6.21. The topological polar surface area (TPSA) is 9.23 Å². The molecule has 15 heavy (non-hydrogen) atoms. The van der Waals surface area contributed by atoms with E-state index >= 15 is 0 Å². The van der Waals surface area contributed by atoms with Gasteiger partial charge in [-0.3, -0.25) is 0 Å². The minimum absolute atomic E-state index is 0.00412. The van der Waals surface area contributed by atoms with Crippen molar-refractivity contribution in [2.45, 2.75) is 44.3 Å². The molecule has 1 aromatic rings. The minimum Gasteiger partial charge on any atom is -0.373 e. The number of benzene rings is 1. The van der Waals surface area contributed by atoms with Crippen LogP contribution in [0.3, 0.4) is 0 Å². The summed E-state index contributed by atoms with van der Waals surface area (Å²) < 4.78 is 5.78. The van der Waals surface area contributed by atoms with Crippen LogP contribution in [0.5, 0.6) is 0 Å². The molecular weight excluding hydrogens is 208 g/mol. The van der Waals surface area contributed by atoms with E-state index in [0.717, 1.165) is 12.8 Å². The van der Waals surface area contributed by atoms with Crippen molar-refractivity contribution in [2.75, 3.05) is 0 Å². The first kappa shape index (κ1) is 11.0. The Kier molecular flexibility index (Phi) is 3.32. The van der Waals surface area contributed by atoms with Crippen LogP contribution in [0, 0.1) is 6.92 Å². The maximum atomic E-state index is 6.41. The van der Waals surface area contributed by atoms with Crippen LogP contribution in [-0.4, -0.2) is 12.2 Å². The standard InChI is InChI=1S/C13H17ClO/c1-9-3-6-11(7-4-9)13(14)12-8-5-10(2)15-12/h3-4,6-7,10,12-13H,5,8H2,1-2H3. The van der Waals surface area contributed by atoms with E-state index in [9.17, 15) is 0 Å². The van der Waals surface area contributed by atoms with E-state index < -0.39 is 0 Å². The Morgan fingerprint density at radius 3 is 2.47 bits per heavy atom. The van der Waals surface area contributed by atoms with Gasteiger partial charge in [0.15, 0.2) is 0 Å². The Labute approximate surface area is 96.4 Å². The average molecular weight is 225 g/mol. The first-order valence-corrected chi connectivity index (χ1v) is 5.96. The number of halogens is 1. The van der Waals surface area contributed by atoms with Crippen molar-refractivity contribution in [2.24, 2.45) is 0 Å². The van der Waals surface area contributed by atoms with E-state index in [1.807, 2.05) is 0 Å². The molecule has 0 N–H and O–H groups in total. The zero-order valence-corrected chi connectivity index (χ0v) is 10.00. The number of hydrogen-bond acceptors (Lipinski definition) is 1. The van der Waals surface area contributed by atoms with Gasteiger partial charge in [0, 0.05) is 0 Å². The Bertz CT molecular complexity index is 320. The molecule has 0 aromatic heterocycles. The van der Waals surface area contributed by atoms with E-state index in [4.69, 9.17) is 16.3 Å². The Morgan fingerprint density at radius 1 is 1.27 bits per heavy atom. The summed E-state index contributed by atoms with van der Waals surface area (Å²) in [5.41, 5.74) is 2.43. The number of alkyl halides is 1. The SMILES string of the molecule is Cc1ccc(C(Cl)C2CCC(C)O2)cc1. The summed E-state index contributed by atoms with van der Waals surface area (Å²) in [6.45, 7) is 4.19. The zero-order valence-electron chi connectivity index (χ0n) is 9.24. The fraction of sp³-hybridized carbons (Fsp3) is 0.538. The second-order valence-electron chi connectivity index (χ2n) is 4.37. The highest BCUT2D eigenvalue weighted by atomic mass is 35.5. The third-order valence-electron chi connectivity index (χ3n) is 2.99. The molecule has 1 aliphatic rings. The van der Waals surface area contributed by atoms with Gasteiger partial charge in [0.05, 0.1) is 17.6 Å². The quantitative estimate of drug-likeness (QED) is 0.694. The molecule has 1 fully saturated rings. The molecule has 1 nitrogen and oxygen atoms in total. The van der Waals surface area contributed by atoms with Gasteiger partial charge in [0.2, 0.25) is 0 Å². The van der Waals surface area contributed by atoms with Gasteiger partial charge in [-0.05, 0) is 32.3 Å². The molecule has 82 valence electrons. The van der Waals surface area contributed by atoms with Crippen molar-refractivity contribution in [3.8, 4) is 0 Å². The van der Waals surface area contributed by atoms with Crippen LogP contribution in [0.4, 0.5) is 0 Å². The Balaban J connectivity index is 2.07. The van der Waals surface area contributed by atoms with Crippen molar-refractivity contribution >= 4 is 11.6 Å².